The van der Waals surface area contributed by atoms with Crippen molar-refractivity contribution in [2.75, 3.05) is 13.1 Å². The number of halogens is 1. The van der Waals surface area contributed by atoms with Gasteiger partial charge in [-0.3, -0.25) is 4.79 Å². The number of benzene rings is 1. The van der Waals surface area contributed by atoms with Gasteiger partial charge in [0.05, 0.1) is 0 Å². The van der Waals surface area contributed by atoms with Crippen LogP contribution in [0.25, 0.3) is 0 Å². The molecule has 20 heavy (non-hydrogen) atoms. The van der Waals surface area contributed by atoms with Crippen molar-refractivity contribution in [3.63, 3.8) is 0 Å². The Hall–Kier alpha value is -1.07. The summed E-state index contributed by atoms with van der Waals surface area (Å²) >= 11 is 3.54. The third-order valence-corrected chi connectivity index (χ3v) is 4.12. The van der Waals surface area contributed by atoms with E-state index in [-0.39, 0.29) is 12.0 Å². The van der Waals surface area contributed by atoms with E-state index in [1.807, 2.05) is 18.2 Å². The minimum Gasteiger partial charge on any atom is -0.481 e. The number of nitrogens with one attached hydrogen (secondary N) is 2. The van der Waals surface area contributed by atoms with E-state index in [4.69, 9.17) is 4.74 Å². The number of ether oxygens (including phenoxy) is 1. The molecule has 2 N–H and O–H groups in total. The fourth-order valence-corrected chi connectivity index (χ4v) is 2.59. The van der Waals surface area contributed by atoms with Gasteiger partial charge in [-0.15, -0.1) is 0 Å². The summed E-state index contributed by atoms with van der Waals surface area (Å²) in [4.78, 5) is 11.9. The van der Waals surface area contributed by atoms with E-state index in [2.05, 4.69) is 33.5 Å². The number of amides is 1. The van der Waals surface area contributed by atoms with Gasteiger partial charge in [-0.25, -0.2) is 0 Å². The highest BCUT2D eigenvalue weighted by Gasteiger charge is 2.22. The molecule has 0 bridgehead atoms. The molecule has 5 heteroatoms. The normalized spacial score (nSPS) is 19.3. The number of carbonyl (C=O) groups is 1. The van der Waals surface area contributed by atoms with Gasteiger partial charge in [0, 0.05) is 17.6 Å². The first-order valence-electron chi connectivity index (χ1n) is 7.14. The highest BCUT2D eigenvalue weighted by Crippen LogP contribution is 2.24. The molecule has 0 spiro atoms. The zero-order valence-corrected chi connectivity index (χ0v) is 13.3. The molecule has 110 valence electrons. The quantitative estimate of drug-likeness (QED) is 0.866. The average molecular weight is 341 g/mol. The molecule has 4 nitrogen and oxygen atoms in total. The van der Waals surface area contributed by atoms with Crippen molar-refractivity contribution in [3.05, 3.63) is 28.2 Å². The number of hydrogen-bond acceptors (Lipinski definition) is 3. The molecular weight excluding hydrogens is 320 g/mol. The third kappa shape index (κ3) is 4.21. The lowest BCUT2D eigenvalue weighted by Crippen LogP contribution is -2.36. The maximum absolute atomic E-state index is 11.9. The number of rotatable bonds is 5. The summed E-state index contributed by atoms with van der Waals surface area (Å²) in [5.41, 5.74) is 1.14. The zero-order chi connectivity index (χ0) is 14.4. The lowest BCUT2D eigenvalue weighted by Gasteiger charge is -2.17. The lowest BCUT2D eigenvalue weighted by molar-refractivity contribution is -0.127. The number of hydrogen-bond donors (Lipinski definition) is 2. The van der Waals surface area contributed by atoms with Gasteiger partial charge in [-0.2, -0.15) is 0 Å². The molecule has 1 heterocycles. The fourth-order valence-electron chi connectivity index (χ4n) is 2.21. The standard InChI is InChI=1S/C15H21BrN2O2/c1-2-17-10-11-9-12(6-7-13(11)16)20-14-5-3-4-8-18-15(14)19/h6-7,9,14,17H,2-5,8,10H2,1H3,(H,18,19). The van der Waals surface area contributed by atoms with Gasteiger partial charge in [0.1, 0.15) is 5.75 Å². The highest BCUT2D eigenvalue weighted by molar-refractivity contribution is 9.10. The largest absolute Gasteiger partial charge is 0.481 e. The summed E-state index contributed by atoms with van der Waals surface area (Å²) in [6.07, 6.45) is 2.46. The van der Waals surface area contributed by atoms with E-state index >= 15 is 0 Å². The first kappa shape index (κ1) is 15.3. The molecule has 1 aliphatic heterocycles. The van der Waals surface area contributed by atoms with Gasteiger partial charge < -0.3 is 15.4 Å². The van der Waals surface area contributed by atoms with Crippen LogP contribution in [0.2, 0.25) is 0 Å². The van der Waals surface area contributed by atoms with E-state index < -0.39 is 0 Å². The molecule has 1 unspecified atom stereocenters. The van der Waals surface area contributed by atoms with Gasteiger partial charge >= 0.3 is 0 Å². The Labute approximate surface area is 128 Å². The molecule has 1 fully saturated rings. The van der Waals surface area contributed by atoms with Crippen LogP contribution in [0.3, 0.4) is 0 Å². The maximum Gasteiger partial charge on any atom is 0.261 e. The Morgan fingerprint density at radius 2 is 2.30 bits per heavy atom. The average Bonchev–Trinajstić information content (AvgIpc) is 2.65. The summed E-state index contributed by atoms with van der Waals surface area (Å²) in [5, 5.41) is 6.18. The number of carbonyl (C=O) groups excluding carboxylic acids is 1. The maximum atomic E-state index is 11.9. The van der Waals surface area contributed by atoms with E-state index in [0.717, 1.165) is 54.7 Å². The predicted octanol–water partition coefficient (Wildman–Crippen LogP) is 2.61. The molecule has 0 saturated carbocycles. The smallest absolute Gasteiger partial charge is 0.261 e. The van der Waals surface area contributed by atoms with Crippen molar-refractivity contribution in [1.29, 1.82) is 0 Å². The molecule has 1 aromatic carbocycles. The van der Waals surface area contributed by atoms with Crippen LogP contribution < -0.4 is 15.4 Å². The van der Waals surface area contributed by atoms with Crippen molar-refractivity contribution in [1.82, 2.24) is 10.6 Å². The predicted molar refractivity (Wildman–Crippen MR) is 82.8 cm³/mol. The molecule has 0 aliphatic carbocycles. The van der Waals surface area contributed by atoms with Crippen molar-refractivity contribution >= 4 is 21.8 Å². The van der Waals surface area contributed by atoms with Crippen LogP contribution in [-0.2, 0) is 11.3 Å². The second-order valence-corrected chi connectivity index (χ2v) is 5.78. The molecule has 0 aromatic heterocycles. The second-order valence-electron chi connectivity index (χ2n) is 4.93. The fraction of sp³-hybridized carbons (Fsp3) is 0.533. The Bertz CT molecular complexity index is 465. The summed E-state index contributed by atoms with van der Waals surface area (Å²) in [6, 6.07) is 5.86. The van der Waals surface area contributed by atoms with Crippen LogP contribution in [0.15, 0.2) is 22.7 Å². The Kier molecular flexibility index (Phi) is 5.86. The monoisotopic (exact) mass is 340 g/mol. The van der Waals surface area contributed by atoms with Crippen molar-refractivity contribution in [2.24, 2.45) is 0 Å². The van der Waals surface area contributed by atoms with Crippen LogP contribution in [0.4, 0.5) is 0 Å². The summed E-state index contributed by atoms with van der Waals surface area (Å²) in [5.74, 6) is 0.752. The van der Waals surface area contributed by atoms with E-state index in [1.54, 1.807) is 0 Å². The first-order valence-corrected chi connectivity index (χ1v) is 7.93. The van der Waals surface area contributed by atoms with Crippen LogP contribution >= 0.6 is 15.9 Å². The first-order chi connectivity index (χ1) is 9.70. The summed E-state index contributed by atoms with van der Waals surface area (Å²) < 4.78 is 6.91. The van der Waals surface area contributed by atoms with Crippen molar-refractivity contribution in [2.45, 2.75) is 38.8 Å². The topological polar surface area (TPSA) is 50.4 Å². The van der Waals surface area contributed by atoms with Crippen molar-refractivity contribution in [3.8, 4) is 5.75 Å². The second kappa shape index (κ2) is 7.64. The van der Waals surface area contributed by atoms with Crippen LogP contribution in [0.5, 0.6) is 5.75 Å². The Morgan fingerprint density at radius 3 is 3.10 bits per heavy atom. The van der Waals surface area contributed by atoms with E-state index in [9.17, 15) is 4.79 Å². The minimum atomic E-state index is -0.370. The molecule has 1 saturated heterocycles. The van der Waals surface area contributed by atoms with Gasteiger partial charge in [0.25, 0.3) is 5.91 Å². The SMILES string of the molecule is CCNCc1cc(OC2CCCCNC2=O)ccc1Br. The highest BCUT2D eigenvalue weighted by atomic mass is 79.9. The molecule has 1 aliphatic rings. The third-order valence-electron chi connectivity index (χ3n) is 3.35. The van der Waals surface area contributed by atoms with E-state index in [1.165, 1.54) is 0 Å². The van der Waals surface area contributed by atoms with Crippen LogP contribution in [-0.4, -0.2) is 25.1 Å². The van der Waals surface area contributed by atoms with Crippen LogP contribution in [0.1, 0.15) is 31.7 Å². The molecule has 0 radical (unpaired) electrons. The van der Waals surface area contributed by atoms with Gasteiger partial charge in [0.2, 0.25) is 0 Å². The molecule has 1 aromatic rings. The van der Waals surface area contributed by atoms with E-state index in [0.29, 0.717) is 0 Å². The van der Waals surface area contributed by atoms with Gasteiger partial charge in [-0.1, -0.05) is 22.9 Å². The lowest BCUT2D eigenvalue weighted by atomic mass is 10.1. The van der Waals surface area contributed by atoms with Crippen LogP contribution in [0, 0.1) is 0 Å². The molecule has 1 atom stereocenters. The summed E-state index contributed by atoms with van der Waals surface area (Å²) in [6.45, 7) is 4.53. The summed E-state index contributed by atoms with van der Waals surface area (Å²) in [7, 11) is 0. The Balaban J connectivity index is 2.06. The minimum absolute atomic E-state index is 0.00125. The molecule has 2 rings (SSSR count). The Morgan fingerprint density at radius 1 is 1.45 bits per heavy atom. The van der Waals surface area contributed by atoms with Crippen molar-refractivity contribution < 1.29 is 9.53 Å². The van der Waals surface area contributed by atoms with Gasteiger partial charge in [0.15, 0.2) is 6.10 Å². The molecule has 1 amide bonds. The van der Waals surface area contributed by atoms with Gasteiger partial charge in [-0.05, 0) is 49.6 Å². The molecular formula is C15H21BrN2O2. The zero-order valence-electron chi connectivity index (χ0n) is 11.7.